The van der Waals surface area contributed by atoms with Crippen LogP contribution in [-0.2, 0) is 4.74 Å². The van der Waals surface area contributed by atoms with Gasteiger partial charge in [-0.3, -0.25) is 0 Å². The van der Waals surface area contributed by atoms with Gasteiger partial charge in [-0.05, 0) is 61.2 Å². The summed E-state index contributed by atoms with van der Waals surface area (Å²) in [6, 6.07) is 0. The number of aliphatic hydroxyl groups excluding tert-OH is 2. The number of ether oxygens (including phenoxy) is 1. The molecule has 5 heteroatoms. The van der Waals surface area contributed by atoms with E-state index in [9.17, 15) is 10.2 Å². The lowest BCUT2D eigenvalue weighted by molar-refractivity contribution is 0.0589. The van der Waals surface area contributed by atoms with Gasteiger partial charge in [0, 0.05) is 35.9 Å². The van der Waals surface area contributed by atoms with E-state index in [-0.39, 0.29) is 12.7 Å². The molecule has 1 saturated carbocycles. The Bertz CT molecular complexity index is 711. The van der Waals surface area contributed by atoms with Crippen molar-refractivity contribution >= 4 is 11.6 Å². The zero-order valence-corrected chi connectivity index (χ0v) is 18.1. The summed E-state index contributed by atoms with van der Waals surface area (Å²) in [6.45, 7) is 11.5. The Hall–Kier alpha value is -1.23. The van der Waals surface area contributed by atoms with Crippen LogP contribution in [0.2, 0.25) is 0 Å². The number of allylic oxidation sites excluding steroid dienone is 3. The fourth-order valence-electron chi connectivity index (χ4n) is 4.67. The first kappa shape index (κ1) is 21.5. The van der Waals surface area contributed by atoms with Crippen molar-refractivity contribution in [2.75, 3.05) is 13.2 Å². The van der Waals surface area contributed by atoms with E-state index < -0.39 is 5.54 Å². The maximum absolute atomic E-state index is 11.4. The van der Waals surface area contributed by atoms with Gasteiger partial charge in [-0.25, -0.2) is 0 Å². The molecule has 0 bridgehead atoms. The predicted molar refractivity (Wildman–Crippen MR) is 114 cm³/mol. The van der Waals surface area contributed by atoms with Crippen molar-refractivity contribution in [1.29, 1.82) is 0 Å². The molecule has 1 atom stereocenters. The van der Waals surface area contributed by atoms with Crippen LogP contribution in [0.3, 0.4) is 0 Å². The fourth-order valence-corrected chi connectivity index (χ4v) is 4.95. The average Bonchev–Trinajstić information content (AvgIpc) is 2.90. The van der Waals surface area contributed by atoms with Gasteiger partial charge in [0.2, 0.25) is 0 Å². The van der Waals surface area contributed by atoms with Gasteiger partial charge >= 0.3 is 0 Å². The maximum atomic E-state index is 11.4. The second-order valence-electron chi connectivity index (χ2n) is 8.84. The van der Waals surface area contributed by atoms with Crippen molar-refractivity contribution in [3.05, 3.63) is 45.9 Å². The van der Waals surface area contributed by atoms with Gasteiger partial charge in [-0.15, -0.1) is 0 Å². The van der Waals surface area contributed by atoms with E-state index in [2.05, 4.69) is 32.7 Å². The normalized spacial score (nSPS) is 31.1. The highest BCUT2D eigenvalue weighted by atomic mass is 35.5. The number of hydrogen-bond donors (Lipinski definition) is 3. The molecule has 1 heterocycles. The molecule has 0 saturated heterocycles. The Morgan fingerprint density at radius 2 is 2.04 bits per heavy atom. The average molecular weight is 408 g/mol. The smallest absolute Gasteiger partial charge is 0.127 e. The SMILES string of the molecule is C=C1NC2(CCC(CO)CC2)C(O)=C1C1=C(CC)C=C(Cl)CC1OCC(C)C. The molecule has 0 aromatic rings. The minimum atomic E-state index is -0.461. The van der Waals surface area contributed by atoms with Crippen LogP contribution in [-0.4, -0.2) is 35.1 Å². The molecule has 2 aliphatic carbocycles. The summed E-state index contributed by atoms with van der Waals surface area (Å²) in [5.74, 6) is 1.13. The van der Waals surface area contributed by atoms with Crippen LogP contribution >= 0.6 is 11.6 Å². The lowest BCUT2D eigenvalue weighted by atomic mass is 9.75. The summed E-state index contributed by atoms with van der Waals surface area (Å²) >= 11 is 6.43. The van der Waals surface area contributed by atoms with E-state index in [0.29, 0.717) is 30.6 Å². The van der Waals surface area contributed by atoms with E-state index in [1.54, 1.807) is 0 Å². The number of nitrogens with one attached hydrogen (secondary N) is 1. The quantitative estimate of drug-likeness (QED) is 0.572. The topological polar surface area (TPSA) is 61.7 Å². The Kier molecular flexibility index (Phi) is 6.63. The molecule has 1 unspecified atom stereocenters. The molecule has 1 spiro atoms. The van der Waals surface area contributed by atoms with Crippen LogP contribution in [0, 0.1) is 11.8 Å². The largest absolute Gasteiger partial charge is 0.509 e. The molecule has 3 aliphatic rings. The van der Waals surface area contributed by atoms with Crippen molar-refractivity contribution in [3.8, 4) is 0 Å². The highest BCUT2D eigenvalue weighted by Crippen LogP contribution is 2.47. The van der Waals surface area contributed by atoms with Gasteiger partial charge in [0.15, 0.2) is 0 Å². The van der Waals surface area contributed by atoms with Crippen LogP contribution in [0.5, 0.6) is 0 Å². The van der Waals surface area contributed by atoms with Crippen LogP contribution in [0.1, 0.15) is 59.3 Å². The Balaban J connectivity index is 2.00. The molecule has 1 fully saturated rings. The zero-order valence-electron chi connectivity index (χ0n) is 17.4. The lowest BCUT2D eigenvalue weighted by Gasteiger charge is -2.37. The highest BCUT2D eigenvalue weighted by Gasteiger charge is 2.47. The van der Waals surface area contributed by atoms with E-state index in [4.69, 9.17) is 16.3 Å². The molecule has 3 rings (SSSR count). The second-order valence-corrected chi connectivity index (χ2v) is 9.32. The third-order valence-electron chi connectivity index (χ3n) is 6.26. The zero-order chi connectivity index (χ0) is 20.5. The van der Waals surface area contributed by atoms with Crippen LogP contribution < -0.4 is 5.32 Å². The van der Waals surface area contributed by atoms with Crippen LogP contribution in [0.4, 0.5) is 0 Å². The van der Waals surface area contributed by atoms with Crippen molar-refractivity contribution in [3.63, 3.8) is 0 Å². The Labute approximate surface area is 174 Å². The first-order valence-electron chi connectivity index (χ1n) is 10.5. The lowest BCUT2D eigenvalue weighted by Crippen LogP contribution is -2.45. The molecule has 3 N–H and O–H groups in total. The molecule has 1 aliphatic heterocycles. The molecular weight excluding hydrogens is 374 g/mol. The Morgan fingerprint density at radius 1 is 1.36 bits per heavy atom. The summed E-state index contributed by atoms with van der Waals surface area (Å²) in [7, 11) is 0. The molecule has 0 radical (unpaired) electrons. The number of rotatable bonds is 6. The third kappa shape index (κ3) is 4.05. The van der Waals surface area contributed by atoms with Gasteiger partial charge < -0.3 is 20.3 Å². The summed E-state index contributed by atoms with van der Waals surface area (Å²) in [6.07, 6.45) is 6.68. The van der Waals surface area contributed by atoms with E-state index in [0.717, 1.165) is 59.6 Å². The molecule has 28 heavy (non-hydrogen) atoms. The van der Waals surface area contributed by atoms with Gasteiger partial charge in [-0.1, -0.05) is 39.0 Å². The van der Waals surface area contributed by atoms with Crippen molar-refractivity contribution < 1.29 is 14.9 Å². The summed E-state index contributed by atoms with van der Waals surface area (Å²) < 4.78 is 6.25. The number of halogens is 1. The Morgan fingerprint density at radius 3 is 2.61 bits per heavy atom. The van der Waals surface area contributed by atoms with Crippen molar-refractivity contribution in [1.82, 2.24) is 5.32 Å². The van der Waals surface area contributed by atoms with Gasteiger partial charge in [0.1, 0.15) is 5.76 Å². The second kappa shape index (κ2) is 8.64. The molecule has 0 aromatic heterocycles. The van der Waals surface area contributed by atoms with Crippen molar-refractivity contribution in [2.24, 2.45) is 11.8 Å². The molecular formula is C23H34ClNO3. The first-order chi connectivity index (χ1) is 13.3. The third-order valence-corrected chi connectivity index (χ3v) is 6.52. The van der Waals surface area contributed by atoms with Crippen molar-refractivity contribution in [2.45, 2.75) is 70.9 Å². The van der Waals surface area contributed by atoms with E-state index in [1.807, 2.05) is 6.08 Å². The van der Waals surface area contributed by atoms with E-state index >= 15 is 0 Å². The summed E-state index contributed by atoms with van der Waals surface area (Å²) in [5.41, 5.74) is 3.26. The van der Waals surface area contributed by atoms with Crippen LogP contribution in [0.25, 0.3) is 0 Å². The summed E-state index contributed by atoms with van der Waals surface area (Å²) in [4.78, 5) is 0. The van der Waals surface area contributed by atoms with E-state index in [1.165, 1.54) is 0 Å². The monoisotopic (exact) mass is 407 g/mol. The minimum Gasteiger partial charge on any atom is -0.509 e. The molecule has 4 nitrogen and oxygen atoms in total. The van der Waals surface area contributed by atoms with Gasteiger partial charge in [0.05, 0.1) is 11.6 Å². The van der Waals surface area contributed by atoms with Gasteiger partial charge in [0.25, 0.3) is 0 Å². The van der Waals surface area contributed by atoms with Gasteiger partial charge in [-0.2, -0.15) is 0 Å². The fraction of sp³-hybridized carbons (Fsp3) is 0.652. The number of hydrogen-bond acceptors (Lipinski definition) is 4. The maximum Gasteiger partial charge on any atom is 0.127 e. The number of aliphatic hydroxyl groups is 2. The standard InChI is InChI=1S/C23H34ClNO3/c1-5-17-10-18(24)11-19(28-13-14(2)3)21(17)20-15(4)25-23(22(20)27)8-6-16(12-26)7-9-23/h10,14,16,19,25-27H,4-9,11-13H2,1-3H3. The predicted octanol–water partition coefficient (Wildman–Crippen LogP) is 5.11. The first-order valence-corrected chi connectivity index (χ1v) is 10.9. The highest BCUT2D eigenvalue weighted by molar-refractivity contribution is 6.30. The van der Waals surface area contributed by atoms with Crippen LogP contribution in [0.15, 0.2) is 45.9 Å². The summed E-state index contributed by atoms with van der Waals surface area (Å²) in [5, 5.41) is 25.1. The molecule has 0 aromatic carbocycles. The minimum absolute atomic E-state index is 0.172. The molecule has 156 valence electrons. The molecule has 0 amide bonds.